The van der Waals surface area contributed by atoms with Gasteiger partial charge in [0.2, 0.25) is 5.91 Å². The van der Waals surface area contributed by atoms with Gasteiger partial charge in [-0.15, -0.1) is 12.4 Å². The number of ether oxygens (including phenoxy) is 1. The van der Waals surface area contributed by atoms with E-state index in [1.165, 1.54) is 5.56 Å². The van der Waals surface area contributed by atoms with Crippen molar-refractivity contribution in [2.75, 3.05) is 27.2 Å². The molecule has 0 atom stereocenters. The molecule has 1 N–H and O–H groups in total. The van der Waals surface area contributed by atoms with Gasteiger partial charge in [0.1, 0.15) is 5.75 Å². The fourth-order valence-electron chi connectivity index (χ4n) is 2.62. The van der Waals surface area contributed by atoms with Gasteiger partial charge in [0.25, 0.3) is 0 Å². The van der Waals surface area contributed by atoms with Gasteiger partial charge >= 0.3 is 0 Å². The Morgan fingerprint density at radius 1 is 1.29 bits per heavy atom. The van der Waals surface area contributed by atoms with Gasteiger partial charge < -0.3 is 15.0 Å². The zero-order valence-corrected chi connectivity index (χ0v) is 13.6. The number of carbonyl (C=O) groups excluding carboxylic acids is 1. The zero-order valence-electron chi connectivity index (χ0n) is 12.8. The SMILES string of the molecule is CNC1CCN(C(=O)CCc2ccc(OC)cc2)CC1.Cl. The molecule has 1 aromatic carbocycles. The molecule has 0 spiro atoms. The van der Waals surface area contributed by atoms with E-state index in [1.807, 2.05) is 36.2 Å². The van der Waals surface area contributed by atoms with Crippen LogP contribution in [0.25, 0.3) is 0 Å². The average molecular weight is 313 g/mol. The molecule has 0 aromatic heterocycles. The predicted octanol–water partition coefficient (Wildman–Crippen LogP) is 2.26. The number of amides is 1. The molecule has 1 heterocycles. The summed E-state index contributed by atoms with van der Waals surface area (Å²) < 4.78 is 5.13. The summed E-state index contributed by atoms with van der Waals surface area (Å²) in [5.74, 6) is 1.13. The molecule has 0 bridgehead atoms. The molecule has 1 aromatic rings. The molecular weight excluding hydrogens is 288 g/mol. The number of likely N-dealkylation sites (tertiary alicyclic amines) is 1. The summed E-state index contributed by atoms with van der Waals surface area (Å²) in [5, 5.41) is 3.28. The van der Waals surface area contributed by atoms with Crippen LogP contribution in [0.5, 0.6) is 5.75 Å². The summed E-state index contributed by atoms with van der Waals surface area (Å²) in [5.41, 5.74) is 1.18. The highest BCUT2D eigenvalue weighted by Crippen LogP contribution is 2.15. The predicted molar refractivity (Wildman–Crippen MR) is 87.2 cm³/mol. The first-order valence-corrected chi connectivity index (χ1v) is 7.31. The van der Waals surface area contributed by atoms with Crippen molar-refractivity contribution in [2.24, 2.45) is 0 Å². The molecule has 0 radical (unpaired) electrons. The fraction of sp³-hybridized carbons (Fsp3) is 0.562. The van der Waals surface area contributed by atoms with Gasteiger partial charge in [-0.25, -0.2) is 0 Å². The van der Waals surface area contributed by atoms with Crippen molar-refractivity contribution in [2.45, 2.75) is 31.7 Å². The lowest BCUT2D eigenvalue weighted by Gasteiger charge is -2.31. The van der Waals surface area contributed by atoms with Crippen LogP contribution >= 0.6 is 12.4 Å². The summed E-state index contributed by atoms with van der Waals surface area (Å²) in [7, 11) is 3.65. The molecule has 1 saturated heterocycles. The molecule has 118 valence electrons. The van der Waals surface area contributed by atoms with E-state index in [-0.39, 0.29) is 18.3 Å². The maximum Gasteiger partial charge on any atom is 0.222 e. The fourth-order valence-corrected chi connectivity index (χ4v) is 2.62. The molecule has 2 rings (SSSR count). The number of hydrogen-bond donors (Lipinski definition) is 1. The third-order valence-corrected chi connectivity index (χ3v) is 4.04. The van der Waals surface area contributed by atoms with Crippen LogP contribution in [0, 0.1) is 0 Å². The Kier molecular flexibility index (Phi) is 7.54. The molecule has 5 heteroatoms. The Hall–Kier alpha value is -1.26. The molecule has 1 amide bonds. The minimum Gasteiger partial charge on any atom is -0.497 e. The number of rotatable bonds is 5. The maximum atomic E-state index is 12.2. The number of methoxy groups -OCH3 is 1. The quantitative estimate of drug-likeness (QED) is 0.907. The molecule has 1 aliphatic rings. The number of halogens is 1. The van der Waals surface area contributed by atoms with Gasteiger partial charge in [-0.2, -0.15) is 0 Å². The number of aryl methyl sites for hydroxylation is 1. The summed E-state index contributed by atoms with van der Waals surface area (Å²) in [4.78, 5) is 14.2. The molecular formula is C16H25ClN2O2. The number of piperidine rings is 1. The van der Waals surface area contributed by atoms with E-state index in [2.05, 4.69) is 5.32 Å². The van der Waals surface area contributed by atoms with Crippen LogP contribution in [0.1, 0.15) is 24.8 Å². The topological polar surface area (TPSA) is 41.6 Å². The van der Waals surface area contributed by atoms with Crippen molar-refractivity contribution in [1.29, 1.82) is 0 Å². The second kappa shape index (κ2) is 8.90. The maximum absolute atomic E-state index is 12.2. The highest BCUT2D eigenvalue weighted by atomic mass is 35.5. The van der Waals surface area contributed by atoms with Crippen molar-refractivity contribution < 1.29 is 9.53 Å². The minimum absolute atomic E-state index is 0. The highest BCUT2D eigenvalue weighted by Gasteiger charge is 2.21. The third-order valence-electron chi connectivity index (χ3n) is 4.04. The Bertz CT molecular complexity index is 428. The number of nitrogens with zero attached hydrogens (tertiary/aromatic N) is 1. The van der Waals surface area contributed by atoms with Crippen LogP contribution in [0.2, 0.25) is 0 Å². The first-order chi connectivity index (χ1) is 9.72. The molecule has 0 unspecified atom stereocenters. The monoisotopic (exact) mass is 312 g/mol. The van der Waals surface area contributed by atoms with E-state index in [4.69, 9.17) is 4.74 Å². The number of hydrogen-bond acceptors (Lipinski definition) is 3. The van der Waals surface area contributed by atoms with Crippen LogP contribution in [0.15, 0.2) is 24.3 Å². The van der Waals surface area contributed by atoms with Crippen molar-refractivity contribution in [3.05, 3.63) is 29.8 Å². The van der Waals surface area contributed by atoms with Crippen molar-refractivity contribution in [1.82, 2.24) is 10.2 Å². The lowest BCUT2D eigenvalue weighted by atomic mass is 10.0. The van der Waals surface area contributed by atoms with E-state index < -0.39 is 0 Å². The minimum atomic E-state index is 0. The molecule has 1 fully saturated rings. The molecule has 21 heavy (non-hydrogen) atoms. The Labute approximate surface area is 133 Å². The molecule has 0 saturated carbocycles. The van der Waals surface area contributed by atoms with Crippen molar-refractivity contribution in [3.63, 3.8) is 0 Å². The normalized spacial score (nSPS) is 15.4. The summed E-state index contributed by atoms with van der Waals surface area (Å²) >= 11 is 0. The van der Waals surface area contributed by atoms with Crippen LogP contribution in [-0.2, 0) is 11.2 Å². The number of benzene rings is 1. The Balaban J connectivity index is 0.00000220. The molecule has 0 aliphatic carbocycles. The van der Waals surface area contributed by atoms with E-state index in [0.29, 0.717) is 12.5 Å². The number of nitrogens with one attached hydrogen (secondary N) is 1. The van der Waals surface area contributed by atoms with Gasteiger partial charge in [0.05, 0.1) is 7.11 Å². The Morgan fingerprint density at radius 3 is 2.43 bits per heavy atom. The number of carbonyl (C=O) groups is 1. The first-order valence-electron chi connectivity index (χ1n) is 7.31. The van der Waals surface area contributed by atoms with Gasteiger partial charge in [0.15, 0.2) is 0 Å². The van der Waals surface area contributed by atoms with Crippen LogP contribution < -0.4 is 10.1 Å². The largest absolute Gasteiger partial charge is 0.497 e. The Morgan fingerprint density at radius 2 is 1.90 bits per heavy atom. The van der Waals surface area contributed by atoms with Gasteiger partial charge in [-0.05, 0) is 44.0 Å². The second-order valence-corrected chi connectivity index (χ2v) is 5.29. The average Bonchev–Trinajstić information content (AvgIpc) is 2.53. The van der Waals surface area contributed by atoms with Crippen LogP contribution in [-0.4, -0.2) is 44.1 Å². The smallest absolute Gasteiger partial charge is 0.222 e. The molecule has 1 aliphatic heterocycles. The van der Waals surface area contributed by atoms with E-state index in [9.17, 15) is 4.79 Å². The lowest BCUT2D eigenvalue weighted by Crippen LogP contribution is -2.44. The summed E-state index contributed by atoms with van der Waals surface area (Å²) in [6.45, 7) is 1.76. The second-order valence-electron chi connectivity index (χ2n) is 5.29. The standard InChI is InChI=1S/C16H24N2O2.ClH/c1-17-14-9-11-18(12-10-14)16(19)8-5-13-3-6-15(20-2)7-4-13;/h3-4,6-7,14,17H,5,8-12H2,1-2H3;1H. The van der Waals surface area contributed by atoms with Crippen molar-refractivity contribution >= 4 is 18.3 Å². The van der Waals surface area contributed by atoms with Crippen LogP contribution in [0.3, 0.4) is 0 Å². The van der Waals surface area contributed by atoms with Gasteiger partial charge in [-0.1, -0.05) is 12.1 Å². The first kappa shape index (κ1) is 17.8. The third kappa shape index (κ3) is 5.21. The molecule has 4 nitrogen and oxygen atoms in total. The summed E-state index contributed by atoms with van der Waals surface area (Å²) in [6, 6.07) is 8.51. The van der Waals surface area contributed by atoms with E-state index in [0.717, 1.165) is 38.1 Å². The summed E-state index contributed by atoms with van der Waals surface area (Å²) in [6.07, 6.45) is 3.51. The van der Waals surface area contributed by atoms with E-state index >= 15 is 0 Å². The highest BCUT2D eigenvalue weighted by molar-refractivity contribution is 5.85. The van der Waals surface area contributed by atoms with Crippen LogP contribution in [0.4, 0.5) is 0 Å². The van der Waals surface area contributed by atoms with Crippen molar-refractivity contribution in [3.8, 4) is 5.75 Å². The zero-order chi connectivity index (χ0) is 14.4. The lowest BCUT2D eigenvalue weighted by molar-refractivity contribution is -0.132. The van der Waals surface area contributed by atoms with Gasteiger partial charge in [-0.3, -0.25) is 4.79 Å². The van der Waals surface area contributed by atoms with Gasteiger partial charge in [0, 0.05) is 25.6 Å². The van der Waals surface area contributed by atoms with E-state index in [1.54, 1.807) is 7.11 Å².